The Kier molecular flexibility index (Phi) is 11.5. The number of carbonyl (C=O) groups excluding carboxylic acids is 2. The molecule has 13 heteroatoms. The topological polar surface area (TPSA) is 112 Å². The molecule has 1 aromatic carbocycles. The number of carboxylic acids is 1. The number of pyridine rings is 1. The molecule has 2 bridgehead atoms. The molecule has 1 heterocycles. The maximum Gasteiger partial charge on any atom is 0.490 e. The van der Waals surface area contributed by atoms with Crippen molar-refractivity contribution in [2.45, 2.75) is 57.3 Å². The SMILES string of the molecule is COc1ccc(CNC(=O)C(c2ccnc(F)c2)N(C)CCCCN(C)C(=O)CC23CC(C2)C3)cc1.O=C(O)C(F)(F)F. The predicted octanol–water partition coefficient (Wildman–Crippen LogP) is 4.58. The van der Waals surface area contributed by atoms with Crippen molar-refractivity contribution in [1.82, 2.24) is 20.1 Å². The quantitative estimate of drug-likeness (QED) is 0.194. The van der Waals surface area contributed by atoms with Crippen LogP contribution in [0.5, 0.6) is 5.75 Å². The number of amides is 2. The fraction of sp³-hybridized carbons (Fsp3) is 0.533. The Balaban J connectivity index is 0.000000646. The molecule has 1 aromatic heterocycles. The fourth-order valence-electron chi connectivity index (χ4n) is 5.52. The zero-order chi connectivity index (χ0) is 31.8. The molecule has 5 rings (SSSR count). The summed E-state index contributed by atoms with van der Waals surface area (Å²) in [6.45, 7) is 1.69. The largest absolute Gasteiger partial charge is 0.497 e. The Morgan fingerprint density at radius 3 is 2.21 bits per heavy atom. The first-order valence-corrected chi connectivity index (χ1v) is 14.0. The van der Waals surface area contributed by atoms with Crippen LogP contribution in [0, 0.1) is 17.3 Å². The van der Waals surface area contributed by atoms with Gasteiger partial charge in [-0.2, -0.15) is 17.6 Å². The Bertz CT molecular complexity index is 1240. The number of hydrogen-bond acceptors (Lipinski definition) is 6. The van der Waals surface area contributed by atoms with Gasteiger partial charge in [0.1, 0.15) is 11.8 Å². The van der Waals surface area contributed by atoms with Gasteiger partial charge in [0.2, 0.25) is 17.8 Å². The third-order valence-corrected chi connectivity index (χ3v) is 8.00. The van der Waals surface area contributed by atoms with E-state index in [1.165, 1.54) is 31.5 Å². The van der Waals surface area contributed by atoms with E-state index in [-0.39, 0.29) is 11.8 Å². The smallest absolute Gasteiger partial charge is 0.490 e. The second-order valence-electron chi connectivity index (χ2n) is 11.3. The number of hydrogen-bond donors (Lipinski definition) is 2. The highest BCUT2D eigenvalue weighted by Crippen LogP contribution is 2.66. The lowest BCUT2D eigenvalue weighted by Gasteiger charge is -2.62. The molecule has 1 unspecified atom stereocenters. The highest BCUT2D eigenvalue weighted by Gasteiger charge is 2.57. The second-order valence-corrected chi connectivity index (χ2v) is 11.3. The molecule has 236 valence electrons. The zero-order valence-corrected chi connectivity index (χ0v) is 24.5. The molecule has 0 spiro atoms. The van der Waals surface area contributed by atoms with E-state index in [4.69, 9.17) is 14.6 Å². The van der Waals surface area contributed by atoms with Crippen LogP contribution in [0.1, 0.15) is 55.7 Å². The number of methoxy groups -OCH3 is 1. The van der Waals surface area contributed by atoms with Crippen molar-refractivity contribution < 1.29 is 41.8 Å². The van der Waals surface area contributed by atoms with Crippen LogP contribution in [-0.4, -0.2) is 78.1 Å². The number of carbonyl (C=O) groups is 3. The predicted molar refractivity (Wildman–Crippen MR) is 149 cm³/mol. The summed E-state index contributed by atoms with van der Waals surface area (Å²) in [6, 6.07) is 9.83. The number of benzene rings is 1. The number of carboxylic acid groups (broad SMARTS) is 1. The van der Waals surface area contributed by atoms with Crippen LogP contribution in [0.2, 0.25) is 0 Å². The van der Waals surface area contributed by atoms with E-state index < -0.39 is 24.1 Å². The number of aromatic nitrogens is 1. The summed E-state index contributed by atoms with van der Waals surface area (Å²) in [5.41, 5.74) is 1.82. The van der Waals surface area contributed by atoms with Gasteiger partial charge in [-0.05, 0) is 92.4 Å². The maximum absolute atomic E-state index is 13.9. The third kappa shape index (κ3) is 9.63. The molecule has 1 atom stereocenters. The highest BCUT2D eigenvalue weighted by atomic mass is 19.4. The number of unbranched alkanes of at least 4 members (excludes halogenated alkanes) is 1. The average Bonchev–Trinajstić information content (AvgIpc) is 2.91. The fourth-order valence-corrected chi connectivity index (χ4v) is 5.52. The monoisotopic (exact) mass is 610 g/mol. The van der Waals surface area contributed by atoms with Crippen molar-refractivity contribution in [3.8, 4) is 5.75 Å². The van der Waals surface area contributed by atoms with E-state index >= 15 is 0 Å². The average molecular weight is 611 g/mol. The normalized spacial score (nSPS) is 19.2. The van der Waals surface area contributed by atoms with Gasteiger partial charge in [-0.3, -0.25) is 14.5 Å². The van der Waals surface area contributed by atoms with Crippen molar-refractivity contribution in [1.29, 1.82) is 0 Å². The van der Waals surface area contributed by atoms with E-state index in [0.29, 0.717) is 37.0 Å². The van der Waals surface area contributed by atoms with Crippen LogP contribution >= 0.6 is 0 Å². The molecular formula is C30H38F4N4O5. The van der Waals surface area contributed by atoms with Crippen LogP contribution in [0.15, 0.2) is 42.6 Å². The van der Waals surface area contributed by atoms with Crippen molar-refractivity contribution in [3.05, 3.63) is 59.7 Å². The molecule has 9 nitrogen and oxygen atoms in total. The number of rotatable bonds is 13. The van der Waals surface area contributed by atoms with Crippen LogP contribution in [-0.2, 0) is 20.9 Å². The van der Waals surface area contributed by atoms with Gasteiger partial charge in [0.05, 0.1) is 7.11 Å². The third-order valence-electron chi connectivity index (χ3n) is 8.00. The van der Waals surface area contributed by atoms with Gasteiger partial charge in [0, 0.05) is 32.8 Å². The summed E-state index contributed by atoms with van der Waals surface area (Å²) in [4.78, 5) is 42.1. The first-order valence-electron chi connectivity index (χ1n) is 14.0. The van der Waals surface area contributed by atoms with Gasteiger partial charge < -0.3 is 20.1 Å². The van der Waals surface area contributed by atoms with Crippen molar-refractivity contribution in [2.24, 2.45) is 11.3 Å². The molecule has 3 aliphatic carbocycles. The standard InChI is InChI=1S/C28H37FN4O3.C2HF3O2/c1-32(25(34)18-28-15-21(16-28)17-28)12-4-5-13-33(2)26(22-10-11-30-24(29)14-22)27(35)31-19-20-6-8-23(36-3)9-7-20;3-2(4,5)1(6)7/h6-11,14,21,26H,4-5,12-13,15-19H2,1-3H3,(H,31,35);(H,6,7). The van der Waals surface area contributed by atoms with Crippen molar-refractivity contribution >= 4 is 17.8 Å². The molecular weight excluding hydrogens is 572 g/mol. The molecule has 43 heavy (non-hydrogen) atoms. The molecule has 2 amide bonds. The van der Waals surface area contributed by atoms with Crippen molar-refractivity contribution in [3.63, 3.8) is 0 Å². The molecule has 3 saturated carbocycles. The molecule has 2 N–H and O–H groups in total. The summed E-state index contributed by atoms with van der Waals surface area (Å²) in [6.07, 6.45) is 2.33. The highest BCUT2D eigenvalue weighted by molar-refractivity contribution is 5.83. The van der Waals surface area contributed by atoms with E-state index in [1.54, 1.807) is 13.2 Å². The summed E-state index contributed by atoms with van der Waals surface area (Å²) < 4.78 is 50.8. The number of aliphatic carboxylic acids is 1. The second kappa shape index (κ2) is 14.6. The molecule has 2 aromatic rings. The number of nitrogens with one attached hydrogen (secondary N) is 1. The lowest BCUT2D eigenvalue weighted by atomic mass is 9.43. The number of likely N-dealkylation sites (N-methyl/N-ethyl adjacent to an activating group) is 1. The minimum absolute atomic E-state index is 0.204. The van der Waals surface area contributed by atoms with E-state index in [1.807, 2.05) is 48.2 Å². The van der Waals surface area contributed by atoms with Gasteiger partial charge in [-0.25, -0.2) is 9.78 Å². The molecule has 0 aliphatic heterocycles. The minimum atomic E-state index is -5.08. The van der Waals surface area contributed by atoms with Crippen LogP contribution in [0.3, 0.4) is 0 Å². The van der Waals surface area contributed by atoms with Gasteiger partial charge in [0.25, 0.3) is 0 Å². The van der Waals surface area contributed by atoms with Gasteiger partial charge in [-0.1, -0.05) is 12.1 Å². The number of nitrogens with zero attached hydrogens (tertiary/aromatic N) is 3. The number of alkyl halides is 3. The maximum atomic E-state index is 13.9. The first-order chi connectivity index (χ1) is 20.2. The lowest BCUT2D eigenvalue weighted by Crippen LogP contribution is -2.53. The zero-order valence-electron chi connectivity index (χ0n) is 24.5. The Labute approximate surface area is 248 Å². The van der Waals surface area contributed by atoms with Crippen LogP contribution in [0.4, 0.5) is 17.6 Å². The van der Waals surface area contributed by atoms with Crippen LogP contribution < -0.4 is 10.1 Å². The van der Waals surface area contributed by atoms with Crippen molar-refractivity contribution in [2.75, 3.05) is 34.3 Å². The summed E-state index contributed by atoms with van der Waals surface area (Å²) in [5, 5.41) is 10.1. The molecule has 3 fully saturated rings. The summed E-state index contributed by atoms with van der Waals surface area (Å²) in [7, 11) is 5.36. The van der Waals surface area contributed by atoms with E-state index in [0.717, 1.165) is 30.1 Å². The van der Waals surface area contributed by atoms with Gasteiger partial charge in [-0.15, -0.1) is 0 Å². The molecule has 0 radical (unpaired) electrons. The van der Waals surface area contributed by atoms with E-state index in [9.17, 15) is 27.2 Å². The summed E-state index contributed by atoms with van der Waals surface area (Å²) in [5.74, 6) is -1.70. The Morgan fingerprint density at radius 2 is 1.70 bits per heavy atom. The molecule has 0 saturated heterocycles. The Morgan fingerprint density at radius 1 is 1.09 bits per heavy atom. The molecule has 3 aliphatic rings. The number of ether oxygens (including phenoxy) is 1. The van der Waals surface area contributed by atoms with Crippen LogP contribution in [0.25, 0.3) is 0 Å². The summed E-state index contributed by atoms with van der Waals surface area (Å²) >= 11 is 0. The van der Waals surface area contributed by atoms with Gasteiger partial charge >= 0.3 is 12.1 Å². The number of halogens is 4. The minimum Gasteiger partial charge on any atom is -0.497 e. The lowest BCUT2D eigenvalue weighted by molar-refractivity contribution is -0.192. The van der Waals surface area contributed by atoms with E-state index in [2.05, 4.69) is 10.3 Å². The Hall–Kier alpha value is -3.74. The first kappa shape index (κ1) is 33.8. The van der Waals surface area contributed by atoms with Gasteiger partial charge in [0.15, 0.2) is 0 Å².